The van der Waals surface area contributed by atoms with Crippen LogP contribution in [0.4, 0.5) is 8.78 Å². The van der Waals surface area contributed by atoms with Gasteiger partial charge in [-0.3, -0.25) is 9.13 Å². The van der Waals surface area contributed by atoms with Gasteiger partial charge in [-0.25, -0.2) is 18.6 Å². The third-order valence-corrected chi connectivity index (χ3v) is 6.65. The summed E-state index contributed by atoms with van der Waals surface area (Å²) >= 11 is 0. The molecule has 3 aromatic rings. The SMILES string of the molecule is Cc1ccc(C(C)C(C)O)cc1-c1ccc2c(n1)n(C)c(=O)n2CC1(C)CC1(F)F. The molecule has 7 heteroatoms. The van der Waals surface area contributed by atoms with Gasteiger partial charge in [-0.2, -0.15) is 0 Å². The van der Waals surface area contributed by atoms with Crippen molar-refractivity contribution in [3.63, 3.8) is 0 Å². The number of rotatable bonds is 5. The van der Waals surface area contributed by atoms with E-state index in [4.69, 9.17) is 4.98 Å². The first kappa shape index (κ1) is 20.7. The molecule has 0 aliphatic heterocycles. The molecule has 1 fully saturated rings. The number of aliphatic hydroxyl groups is 1. The lowest BCUT2D eigenvalue weighted by Crippen LogP contribution is -2.27. The molecule has 1 aliphatic rings. The topological polar surface area (TPSA) is 60.1 Å². The van der Waals surface area contributed by atoms with Crippen LogP contribution in [-0.4, -0.2) is 31.3 Å². The summed E-state index contributed by atoms with van der Waals surface area (Å²) in [5.41, 5.74) is 3.15. The lowest BCUT2D eigenvalue weighted by atomic mass is 9.92. The predicted molar refractivity (Wildman–Crippen MR) is 113 cm³/mol. The molecular formula is C23H27F2N3O2. The van der Waals surface area contributed by atoms with Crippen LogP contribution in [0.2, 0.25) is 0 Å². The van der Waals surface area contributed by atoms with Crippen LogP contribution in [0.5, 0.6) is 0 Å². The molecule has 1 aromatic carbocycles. The maximum Gasteiger partial charge on any atom is 0.330 e. The van der Waals surface area contributed by atoms with E-state index in [-0.39, 0.29) is 24.6 Å². The van der Waals surface area contributed by atoms with Gasteiger partial charge >= 0.3 is 5.69 Å². The molecule has 3 unspecified atom stereocenters. The Morgan fingerprint density at radius 1 is 1.23 bits per heavy atom. The third-order valence-electron chi connectivity index (χ3n) is 6.65. The molecule has 2 aromatic heterocycles. The number of alkyl halides is 2. The lowest BCUT2D eigenvalue weighted by molar-refractivity contribution is 0.0637. The van der Waals surface area contributed by atoms with Crippen molar-refractivity contribution in [2.75, 3.05) is 0 Å². The van der Waals surface area contributed by atoms with Crippen molar-refractivity contribution in [1.82, 2.24) is 14.1 Å². The molecule has 5 nitrogen and oxygen atoms in total. The van der Waals surface area contributed by atoms with Crippen molar-refractivity contribution in [1.29, 1.82) is 0 Å². The van der Waals surface area contributed by atoms with Crippen molar-refractivity contribution in [3.8, 4) is 11.3 Å². The largest absolute Gasteiger partial charge is 0.393 e. The summed E-state index contributed by atoms with van der Waals surface area (Å²) in [7, 11) is 1.62. The fourth-order valence-corrected chi connectivity index (χ4v) is 4.02. The maximum atomic E-state index is 13.7. The summed E-state index contributed by atoms with van der Waals surface area (Å²) in [4.78, 5) is 17.5. The third kappa shape index (κ3) is 3.16. The highest BCUT2D eigenvalue weighted by atomic mass is 19.3. The van der Waals surface area contributed by atoms with Crippen LogP contribution in [0.1, 0.15) is 44.2 Å². The Morgan fingerprint density at radius 3 is 2.50 bits per heavy atom. The second-order valence-corrected chi connectivity index (χ2v) is 9.01. The molecule has 4 rings (SSSR count). The van der Waals surface area contributed by atoms with E-state index in [0.29, 0.717) is 16.9 Å². The average molecular weight is 415 g/mol. The predicted octanol–water partition coefficient (Wildman–Crippen LogP) is 4.24. The van der Waals surface area contributed by atoms with E-state index >= 15 is 0 Å². The zero-order valence-electron chi connectivity index (χ0n) is 17.9. The number of hydrogen-bond acceptors (Lipinski definition) is 3. The molecule has 0 bridgehead atoms. The number of imidazole rings is 1. The van der Waals surface area contributed by atoms with Crippen molar-refractivity contribution in [3.05, 3.63) is 51.9 Å². The van der Waals surface area contributed by atoms with Crippen LogP contribution in [0.15, 0.2) is 35.1 Å². The Morgan fingerprint density at radius 2 is 1.90 bits per heavy atom. The van der Waals surface area contributed by atoms with Crippen LogP contribution in [-0.2, 0) is 13.6 Å². The number of benzene rings is 1. The summed E-state index contributed by atoms with van der Waals surface area (Å²) in [6.45, 7) is 7.19. The molecule has 1 aliphatic carbocycles. The monoisotopic (exact) mass is 415 g/mol. The number of aryl methyl sites for hydroxylation is 2. The first-order valence-electron chi connectivity index (χ1n) is 10.2. The number of hydrogen-bond donors (Lipinski definition) is 1. The Kier molecular flexibility index (Phi) is 4.65. The number of fused-ring (bicyclic) bond motifs is 1. The van der Waals surface area contributed by atoms with Gasteiger partial charge in [0.05, 0.1) is 22.7 Å². The molecule has 1 N–H and O–H groups in total. The molecule has 2 heterocycles. The van der Waals surface area contributed by atoms with Crippen LogP contribution in [0.3, 0.4) is 0 Å². The van der Waals surface area contributed by atoms with Gasteiger partial charge in [-0.1, -0.05) is 26.0 Å². The minimum atomic E-state index is -2.74. The first-order chi connectivity index (χ1) is 13.9. The van der Waals surface area contributed by atoms with Crippen molar-refractivity contribution >= 4 is 11.2 Å². The number of pyridine rings is 1. The van der Waals surface area contributed by atoms with Crippen molar-refractivity contribution < 1.29 is 13.9 Å². The smallest absolute Gasteiger partial charge is 0.330 e. The normalized spacial score (nSPS) is 22.3. The second kappa shape index (κ2) is 6.74. The first-order valence-corrected chi connectivity index (χ1v) is 10.2. The van der Waals surface area contributed by atoms with E-state index in [1.54, 1.807) is 20.0 Å². The molecule has 0 radical (unpaired) electrons. The second-order valence-electron chi connectivity index (χ2n) is 9.01. The van der Waals surface area contributed by atoms with Gasteiger partial charge in [0.15, 0.2) is 5.65 Å². The zero-order chi connectivity index (χ0) is 22.0. The van der Waals surface area contributed by atoms with E-state index in [9.17, 15) is 18.7 Å². The molecule has 0 spiro atoms. The lowest BCUT2D eigenvalue weighted by Gasteiger charge is -2.17. The van der Waals surface area contributed by atoms with E-state index in [0.717, 1.165) is 16.7 Å². The molecule has 3 atom stereocenters. The number of aliphatic hydroxyl groups excluding tert-OH is 1. The molecule has 0 amide bonds. The van der Waals surface area contributed by atoms with Crippen LogP contribution in [0, 0.1) is 12.3 Å². The Bertz CT molecular complexity index is 1200. The van der Waals surface area contributed by atoms with Crippen LogP contribution >= 0.6 is 0 Å². The molecule has 30 heavy (non-hydrogen) atoms. The van der Waals surface area contributed by atoms with Gasteiger partial charge < -0.3 is 5.11 Å². The van der Waals surface area contributed by atoms with E-state index < -0.39 is 17.4 Å². The highest BCUT2D eigenvalue weighted by Crippen LogP contribution is 2.61. The molecule has 1 saturated carbocycles. The van der Waals surface area contributed by atoms with Gasteiger partial charge in [-0.05, 0) is 43.2 Å². The van der Waals surface area contributed by atoms with Crippen molar-refractivity contribution in [2.24, 2.45) is 12.5 Å². The summed E-state index contributed by atoms with van der Waals surface area (Å²) in [5, 5.41) is 9.94. The fraction of sp³-hybridized carbons (Fsp3) is 0.478. The summed E-state index contributed by atoms with van der Waals surface area (Å²) in [6.07, 6.45) is -0.685. The van der Waals surface area contributed by atoms with Gasteiger partial charge in [0.2, 0.25) is 0 Å². The van der Waals surface area contributed by atoms with E-state index in [2.05, 4.69) is 0 Å². The minimum absolute atomic E-state index is 0.0283. The van der Waals surface area contributed by atoms with Gasteiger partial charge in [0.25, 0.3) is 5.92 Å². The van der Waals surface area contributed by atoms with E-state index in [1.807, 2.05) is 38.1 Å². The van der Waals surface area contributed by atoms with Crippen molar-refractivity contribution in [2.45, 2.75) is 58.6 Å². The highest BCUT2D eigenvalue weighted by Gasteiger charge is 2.68. The Labute approximate surface area is 174 Å². The number of aromatic nitrogens is 3. The summed E-state index contributed by atoms with van der Waals surface area (Å²) < 4.78 is 30.3. The van der Waals surface area contributed by atoms with Crippen LogP contribution < -0.4 is 5.69 Å². The van der Waals surface area contributed by atoms with Crippen LogP contribution in [0.25, 0.3) is 22.4 Å². The minimum Gasteiger partial charge on any atom is -0.393 e. The number of nitrogens with zero attached hydrogens (tertiary/aromatic N) is 3. The Hall–Kier alpha value is -2.54. The average Bonchev–Trinajstić information content (AvgIpc) is 3.11. The maximum absolute atomic E-state index is 13.7. The Balaban J connectivity index is 1.80. The summed E-state index contributed by atoms with van der Waals surface area (Å²) in [6, 6.07) is 9.62. The standard InChI is InChI=1S/C23H27F2N3O2/c1-13-6-7-16(14(2)15(3)29)10-17(13)18-8-9-19-20(26-18)27(5)21(30)28(19)12-22(4)11-23(22,24)25/h6-10,14-15,29H,11-12H2,1-5H3. The van der Waals surface area contributed by atoms with E-state index in [1.165, 1.54) is 16.1 Å². The zero-order valence-corrected chi connectivity index (χ0v) is 17.9. The fourth-order valence-electron chi connectivity index (χ4n) is 4.02. The molecule has 0 saturated heterocycles. The quantitative estimate of drug-likeness (QED) is 0.678. The van der Waals surface area contributed by atoms with Gasteiger partial charge in [-0.15, -0.1) is 0 Å². The van der Waals surface area contributed by atoms with Gasteiger partial charge in [0, 0.05) is 31.5 Å². The van der Waals surface area contributed by atoms with Gasteiger partial charge in [0.1, 0.15) is 0 Å². The highest BCUT2D eigenvalue weighted by molar-refractivity contribution is 5.77. The molecular weight excluding hydrogens is 388 g/mol. The summed E-state index contributed by atoms with van der Waals surface area (Å²) in [5.74, 6) is -2.76. The molecule has 160 valence electrons. The number of halogens is 2.